The van der Waals surface area contributed by atoms with Crippen LogP contribution < -0.4 is 5.73 Å². The van der Waals surface area contributed by atoms with Crippen LogP contribution in [0.25, 0.3) is 0 Å². The van der Waals surface area contributed by atoms with Crippen molar-refractivity contribution < 1.29 is 78.5 Å². The van der Waals surface area contributed by atoms with Gasteiger partial charge in [0.15, 0.2) is 0 Å². The summed E-state index contributed by atoms with van der Waals surface area (Å²) >= 11 is 0. The number of carbonyl (C=O) groups is 8. The Labute approximate surface area is 381 Å². The Hall–Kier alpha value is 2.72. The number of nitrogens with two attached hydrogens (primary N) is 1. The van der Waals surface area contributed by atoms with Crippen LogP contribution >= 0.6 is 0 Å². The number of ether oxygens (including phenoxy) is 2. The van der Waals surface area contributed by atoms with E-state index in [1.165, 1.54) is 0 Å². The van der Waals surface area contributed by atoms with Gasteiger partial charge in [-0.2, -0.15) is 0 Å². The molecule has 0 bridgehead atoms. The van der Waals surface area contributed by atoms with Crippen molar-refractivity contribution >= 4 is 255 Å². The van der Waals surface area contributed by atoms with Gasteiger partial charge in [-0.15, -0.1) is 0 Å². The molecule has 0 spiro atoms. The molecule has 0 aromatic heterocycles. The molecule has 40 heavy (non-hydrogen) atoms. The first-order valence-corrected chi connectivity index (χ1v) is 8.50. The van der Waals surface area contributed by atoms with Crippen LogP contribution in [0.2, 0.25) is 0 Å². The summed E-state index contributed by atoms with van der Waals surface area (Å²) in [6.07, 6.45) is -7.28. The molecule has 0 rings (SSSR count). The molecule has 1 unspecified atom stereocenters. The predicted octanol–water partition coefficient (Wildman–Crippen LogP) is -7.20. The second-order valence-electron chi connectivity index (χ2n) is 6.59. The molecule has 8 N–H and O–H groups in total. The summed E-state index contributed by atoms with van der Waals surface area (Å²) in [5.41, 5.74) is -0.864. The van der Waals surface area contributed by atoms with Crippen LogP contribution in [0.5, 0.6) is 0 Å². The molecule has 0 amide bonds. The fourth-order valence-corrected chi connectivity index (χ4v) is 2.43. The van der Waals surface area contributed by atoms with Gasteiger partial charge in [-0.3, -0.25) is 28.8 Å². The van der Waals surface area contributed by atoms with Gasteiger partial charge in [-0.1, -0.05) is 0 Å². The SMILES string of the molecule is NC(CC(=O)OC(CC(=O)O)(CC(=O)O)C(=O)O)C(=O)OC(CC(=O)O)(CC(=O)O)C(=O)O.[NaH].[NaH].[NaH].[NaH].[NaH].[NaH].[NaH]. The van der Waals surface area contributed by atoms with Crippen molar-refractivity contribution in [1.29, 1.82) is 0 Å². The van der Waals surface area contributed by atoms with Crippen molar-refractivity contribution in [3.63, 3.8) is 0 Å². The molecule has 24 heteroatoms. The van der Waals surface area contributed by atoms with Crippen molar-refractivity contribution in [3.05, 3.63) is 0 Å². The predicted molar refractivity (Wildman–Crippen MR) is 145 cm³/mol. The molecule has 0 aromatic carbocycles. The molecule has 0 aliphatic heterocycles. The Morgan fingerprint density at radius 2 is 0.775 bits per heavy atom. The molecule has 0 aromatic rings. The van der Waals surface area contributed by atoms with E-state index in [0.29, 0.717) is 0 Å². The van der Waals surface area contributed by atoms with E-state index < -0.39 is 97.1 Å². The van der Waals surface area contributed by atoms with Gasteiger partial charge in [0.2, 0.25) is 11.2 Å². The summed E-state index contributed by atoms with van der Waals surface area (Å²) in [5.74, 6) is -15.3. The molecular formula is C16H26NNa7O16. The number of esters is 2. The van der Waals surface area contributed by atoms with E-state index in [9.17, 15) is 48.6 Å². The summed E-state index contributed by atoms with van der Waals surface area (Å²) in [7, 11) is 0. The Morgan fingerprint density at radius 1 is 0.525 bits per heavy atom. The number of hydrogen-bond donors (Lipinski definition) is 7. The van der Waals surface area contributed by atoms with E-state index in [1.807, 2.05) is 0 Å². The van der Waals surface area contributed by atoms with Gasteiger partial charge >= 0.3 is 255 Å². The summed E-state index contributed by atoms with van der Waals surface area (Å²) < 4.78 is 8.91. The molecular weight excluding hydrogens is 623 g/mol. The van der Waals surface area contributed by atoms with Crippen molar-refractivity contribution in [2.24, 2.45) is 5.73 Å². The van der Waals surface area contributed by atoms with Crippen LogP contribution in [0.1, 0.15) is 32.1 Å². The fraction of sp³-hybridized carbons (Fsp3) is 0.500. The molecule has 0 fully saturated rings. The van der Waals surface area contributed by atoms with Crippen LogP contribution in [0, 0.1) is 0 Å². The summed E-state index contributed by atoms with van der Waals surface area (Å²) in [5, 5.41) is 53.7. The van der Waals surface area contributed by atoms with Gasteiger partial charge in [-0.05, 0) is 0 Å². The third-order valence-corrected chi connectivity index (χ3v) is 3.82. The first-order chi connectivity index (χ1) is 15.0. The summed E-state index contributed by atoms with van der Waals surface area (Å²) in [6, 6.07) is -2.17. The average molecular weight is 649 g/mol. The number of carboxylic acid groups (broad SMARTS) is 6. The van der Waals surface area contributed by atoms with Crippen LogP contribution in [0.15, 0.2) is 0 Å². The second-order valence-corrected chi connectivity index (χ2v) is 6.59. The second kappa shape index (κ2) is 29.1. The zero-order valence-corrected chi connectivity index (χ0v) is 16.5. The van der Waals surface area contributed by atoms with Crippen LogP contribution in [0.4, 0.5) is 0 Å². The van der Waals surface area contributed by atoms with E-state index >= 15 is 0 Å². The first-order valence-electron chi connectivity index (χ1n) is 8.50. The maximum atomic E-state index is 12.1. The first kappa shape index (κ1) is 61.7. The molecule has 0 saturated heterocycles. The van der Waals surface area contributed by atoms with Gasteiger partial charge < -0.3 is 45.8 Å². The molecule has 198 valence electrons. The van der Waals surface area contributed by atoms with Gasteiger partial charge in [0.25, 0.3) is 0 Å². The van der Waals surface area contributed by atoms with E-state index in [2.05, 4.69) is 9.47 Å². The number of carboxylic acids is 6. The van der Waals surface area contributed by atoms with Crippen molar-refractivity contribution in [3.8, 4) is 0 Å². The number of carbonyl (C=O) groups excluding carboxylic acids is 2. The van der Waals surface area contributed by atoms with E-state index in [-0.39, 0.29) is 207 Å². The molecule has 1 atom stereocenters. The molecule has 0 radical (unpaired) electrons. The van der Waals surface area contributed by atoms with Crippen molar-refractivity contribution in [2.75, 3.05) is 0 Å². The Morgan fingerprint density at radius 3 is 1.00 bits per heavy atom. The molecule has 0 saturated carbocycles. The van der Waals surface area contributed by atoms with Gasteiger partial charge in [0.1, 0.15) is 6.04 Å². The molecule has 17 nitrogen and oxygen atoms in total. The standard InChI is InChI=1S/C16H19NO16.7Na.7H/c17-6(12(27)33-16(14(30)31,4-9(22)23)5-10(24)25)1-11(26)32-15(13(28)29,2-7(18)19)3-8(20)21;;;;;;;;;;;;;;/h6H,1-5,17H2,(H,18,19)(H,20,21)(H,22,23)(H,24,25)(H,28,29)(H,30,31);;;;;;;;;;;;;;. The Bertz CT molecular complexity index is 855. The summed E-state index contributed by atoms with van der Waals surface area (Å²) in [6.45, 7) is 0. The van der Waals surface area contributed by atoms with Crippen LogP contribution in [-0.2, 0) is 47.8 Å². The Balaban J connectivity index is -0.000000244. The fourth-order valence-electron chi connectivity index (χ4n) is 2.43. The molecule has 0 aliphatic carbocycles. The van der Waals surface area contributed by atoms with Crippen LogP contribution in [0.3, 0.4) is 0 Å². The molecule has 0 aliphatic rings. The van der Waals surface area contributed by atoms with Crippen molar-refractivity contribution in [2.45, 2.75) is 49.3 Å². The maximum absolute atomic E-state index is 12.1. The molecule has 0 heterocycles. The number of rotatable bonds is 15. The minimum absolute atomic E-state index is 0. The summed E-state index contributed by atoms with van der Waals surface area (Å²) in [4.78, 5) is 90.6. The zero-order chi connectivity index (χ0) is 26.1. The third-order valence-electron chi connectivity index (χ3n) is 3.82. The zero-order valence-electron chi connectivity index (χ0n) is 16.5. The van der Waals surface area contributed by atoms with E-state index in [4.69, 9.17) is 26.2 Å². The van der Waals surface area contributed by atoms with E-state index in [0.717, 1.165) is 0 Å². The average Bonchev–Trinajstić information content (AvgIpc) is 2.58. The van der Waals surface area contributed by atoms with Crippen LogP contribution in [-0.4, -0.2) is 303 Å². The quantitative estimate of drug-likeness (QED) is 0.0640. The third kappa shape index (κ3) is 23.1. The van der Waals surface area contributed by atoms with Gasteiger partial charge in [-0.25, -0.2) is 9.59 Å². The normalized spacial score (nSPS) is 10.0. The van der Waals surface area contributed by atoms with E-state index in [1.54, 1.807) is 0 Å². The van der Waals surface area contributed by atoms with Gasteiger partial charge in [0.05, 0.1) is 32.1 Å². The van der Waals surface area contributed by atoms with Crippen molar-refractivity contribution in [1.82, 2.24) is 0 Å². The topological polar surface area (TPSA) is 302 Å². The van der Waals surface area contributed by atoms with Gasteiger partial charge in [0, 0.05) is 0 Å². The monoisotopic (exact) mass is 649 g/mol. The Kier molecular flexibility index (Phi) is 44.9. The minimum atomic E-state index is -3.12. The number of aliphatic carboxylic acids is 6. The number of hydrogen-bond acceptors (Lipinski definition) is 11.